The number of halogens is 4. The van der Waals surface area contributed by atoms with Gasteiger partial charge in [0.25, 0.3) is 23.6 Å². The van der Waals surface area contributed by atoms with Crippen molar-refractivity contribution in [1.29, 1.82) is 0 Å². The molecule has 4 amide bonds. The zero-order chi connectivity index (χ0) is 89.6. The van der Waals surface area contributed by atoms with Crippen LogP contribution in [-0.2, 0) is 4.74 Å². The third-order valence-electron chi connectivity index (χ3n) is 22.6. The summed E-state index contributed by atoms with van der Waals surface area (Å²) in [6.07, 6.45) is 21.1. The number of pyridine rings is 9. The van der Waals surface area contributed by atoms with Gasteiger partial charge in [-0.2, -0.15) is 0 Å². The number of rotatable bonds is 13. The normalized spacial score (nSPS) is 16.6. The Morgan fingerprint density at radius 1 is 0.422 bits per heavy atom. The number of imidazole rings is 3. The SMILES string of the molecule is CCOC(=O)c1nnc2ccc(Br)cn12.Cc1cccc(-c2nc3n(c2-c2ccc4nnc(C(N)=O)n4c2)C2CCC3C2)n1.Cc1cccc(-c2nc3n(c2-c2ccc4nnc(C(N)=O)n4c2)C2CCC3C2)n1.Cc1cccc(-c2nc3n(c2Br)C2CCC3C2)n1.NC(=O)c1nnc2ccc(B(O)O)cn12.NC(=O)c1nnc2ccc(Br)cn12.NNc1ccc(Br)cn1. The number of fused-ring (bicyclic) bond motifs is 20. The van der Waals surface area contributed by atoms with Gasteiger partial charge in [-0.05, 0) is 258 Å². The number of nitrogens with two attached hydrogens (primary N) is 5. The number of primary amides is 4. The lowest BCUT2D eigenvalue weighted by Crippen LogP contribution is -2.31. The number of ether oxygens (including phenoxy) is 1. The summed E-state index contributed by atoms with van der Waals surface area (Å²) in [5.74, 6) is 8.51. The Hall–Kier alpha value is -13.7. The first-order valence-electron chi connectivity index (χ1n) is 40.5. The van der Waals surface area contributed by atoms with Gasteiger partial charge >= 0.3 is 13.1 Å². The third-order valence-corrected chi connectivity index (χ3v) is 24.7. The molecule has 128 heavy (non-hydrogen) atoms. The van der Waals surface area contributed by atoms with Crippen molar-refractivity contribution >= 4 is 140 Å². The van der Waals surface area contributed by atoms with Gasteiger partial charge in [0.15, 0.2) is 28.2 Å². The minimum atomic E-state index is -1.61. The van der Waals surface area contributed by atoms with Crippen LogP contribution in [0.3, 0.4) is 0 Å². The summed E-state index contributed by atoms with van der Waals surface area (Å²) in [5.41, 5.74) is 38.9. The molecule has 20 heterocycles. The molecular formula is C84H78BBr4N31O8. The van der Waals surface area contributed by atoms with Crippen molar-refractivity contribution in [3.63, 3.8) is 0 Å². The number of anilines is 1. The number of amides is 4. The maximum absolute atomic E-state index is 11.8. The summed E-state index contributed by atoms with van der Waals surface area (Å²) >= 11 is 13.6. The summed E-state index contributed by atoms with van der Waals surface area (Å²) in [6, 6.07) is 41.2. The fraction of sp³-hybridized carbons (Fsp3) is 0.238. The molecule has 3 fully saturated rings. The molecule has 648 valence electrons. The van der Waals surface area contributed by atoms with Crippen LogP contribution in [0, 0.1) is 20.8 Å². The van der Waals surface area contributed by atoms with Crippen LogP contribution in [0.4, 0.5) is 5.82 Å². The van der Waals surface area contributed by atoms with E-state index in [9.17, 15) is 24.0 Å². The second-order valence-corrected chi connectivity index (χ2v) is 34.3. The molecule has 17 aromatic rings. The van der Waals surface area contributed by atoms with Gasteiger partial charge in [0, 0.05) is 115 Å². The molecule has 0 aromatic carbocycles. The van der Waals surface area contributed by atoms with Gasteiger partial charge in [0.05, 0.1) is 35.1 Å². The van der Waals surface area contributed by atoms with Crippen molar-refractivity contribution in [2.24, 2.45) is 28.8 Å². The van der Waals surface area contributed by atoms with Crippen LogP contribution in [-0.4, -0.2) is 175 Å². The number of carbonyl (C=O) groups excluding carboxylic acids is 5. The average Bonchev–Trinajstić information content (AvgIpc) is 1.57. The summed E-state index contributed by atoms with van der Waals surface area (Å²) in [5, 5.41) is 56.1. The van der Waals surface area contributed by atoms with E-state index in [4.69, 9.17) is 68.5 Å². The standard InChI is InChI=1S/2C21H19N7O.C14H14BrN3.C9H8BrN3O2.C7H7BN4O3.C7H5BrN4O.C5H6BrN3/c2*1-11-3-2-4-15(23-11)17-18(28-14-7-5-12(9-14)20(28)24-17)13-6-8-16-25-26-21(19(22)29)27(16)10-13;1-8-3-2-4-11(16-8)12-13(15)18-10-6-5-9(7-10)14(18)17-12;1-2-15-9(14)8-12-11-7-4-3-6(10)5-13(7)8;9-6(13)7-11-10-5-2-1-4(8(14)15)3-12(5)7;8-4-1-2-5-10-11-7(6(9)13)12(5)3-4;6-4-1-2-5(9-7)8-3-4/h2*2-4,6,8,10,12,14H,5,7,9H2,1H3,(H2,22,29);2-4,9-10H,5-7H2,1H3;3-5H,2H2,1H3;1-3,14-15H,(H2,9,13);1-3H,(H2,9,13);1-3H,7H2,(H,8,9). The Labute approximate surface area is 760 Å². The molecule has 6 bridgehead atoms. The predicted octanol–water partition coefficient (Wildman–Crippen LogP) is 10.5. The maximum Gasteiger partial charge on any atom is 0.489 e. The van der Waals surface area contributed by atoms with Gasteiger partial charge in [0.2, 0.25) is 29.1 Å². The molecule has 3 aliphatic carbocycles. The van der Waals surface area contributed by atoms with Crippen LogP contribution in [0.15, 0.2) is 183 Å². The molecule has 13 N–H and O–H groups in total. The number of hydrazine groups is 1. The molecule has 3 saturated carbocycles. The molecule has 0 spiro atoms. The first-order valence-corrected chi connectivity index (χ1v) is 43.6. The fourth-order valence-electron chi connectivity index (χ4n) is 17.0. The molecule has 6 aliphatic rings. The lowest BCUT2D eigenvalue weighted by atomic mass is 9.82. The average molecular weight is 1980 g/mol. The number of hydrogen-bond donors (Lipinski definition) is 8. The van der Waals surface area contributed by atoms with Crippen LogP contribution in [0.5, 0.6) is 0 Å². The molecule has 23 rings (SSSR count). The number of esters is 1. The van der Waals surface area contributed by atoms with Crippen molar-refractivity contribution in [1.82, 2.24) is 122 Å². The number of nitrogens with one attached hydrogen (secondary N) is 1. The molecule has 39 nitrogen and oxygen atoms in total. The lowest BCUT2D eigenvalue weighted by molar-refractivity contribution is 0.0509. The maximum atomic E-state index is 11.8. The van der Waals surface area contributed by atoms with Gasteiger partial charge in [-0.25, -0.2) is 30.6 Å². The van der Waals surface area contributed by atoms with Crippen molar-refractivity contribution in [2.45, 2.75) is 121 Å². The number of nitrogens with zero attached hydrogens (tertiary/aromatic N) is 25. The summed E-state index contributed by atoms with van der Waals surface area (Å²) in [4.78, 5) is 89.7. The highest BCUT2D eigenvalue weighted by atomic mass is 79.9. The van der Waals surface area contributed by atoms with Crippen LogP contribution in [0.1, 0.15) is 188 Å². The topological polar surface area (TPSA) is 533 Å². The van der Waals surface area contributed by atoms with Crippen LogP contribution >= 0.6 is 63.7 Å². The Morgan fingerprint density at radius 3 is 1.16 bits per heavy atom. The monoisotopic (exact) mass is 1980 g/mol. The molecule has 3 aliphatic heterocycles. The molecule has 17 aromatic heterocycles. The number of nitrogen functional groups attached to an aromatic ring is 1. The van der Waals surface area contributed by atoms with Gasteiger partial charge in [-0.15, -0.1) is 51.0 Å². The first-order chi connectivity index (χ1) is 61.8. The first kappa shape index (κ1) is 86.5. The minimum Gasteiger partial charge on any atom is -0.460 e. The highest BCUT2D eigenvalue weighted by Crippen LogP contribution is 2.55. The Balaban J connectivity index is 0.000000109. The van der Waals surface area contributed by atoms with E-state index in [-0.39, 0.29) is 34.6 Å². The van der Waals surface area contributed by atoms with Crippen LogP contribution < -0.4 is 39.7 Å². The van der Waals surface area contributed by atoms with E-state index in [2.05, 4.69) is 144 Å². The third kappa shape index (κ3) is 17.2. The number of carbonyl (C=O) groups is 5. The zero-order valence-electron chi connectivity index (χ0n) is 68.6. The second-order valence-electron chi connectivity index (χ2n) is 30.8. The van der Waals surface area contributed by atoms with E-state index in [1.54, 1.807) is 56.9 Å². The number of hydrogen-bond acceptors (Lipinski definition) is 27. The fourth-order valence-corrected chi connectivity index (χ4v) is 18.6. The number of aryl methyl sites for hydroxylation is 3. The van der Waals surface area contributed by atoms with Crippen molar-refractivity contribution in [3.05, 3.63) is 246 Å². The highest BCUT2D eigenvalue weighted by molar-refractivity contribution is 9.11. The van der Waals surface area contributed by atoms with Crippen molar-refractivity contribution in [3.8, 4) is 56.7 Å². The summed E-state index contributed by atoms with van der Waals surface area (Å²) in [6.45, 7) is 8.06. The Kier molecular flexibility index (Phi) is 24.6. The van der Waals surface area contributed by atoms with E-state index >= 15 is 0 Å². The Morgan fingerprint density at radius 2 is 0.781 bits per heavy atom. The van der Waals surface area contributed by atoms with Crippen LogP contribution in [0.25, 0.3) is 84.9 Å². The van der Waals surface area contributed by atoms with E-state index in [0.29, 0.717) is 76.5 Å². The highest BCUT2D eigenvalue weighted by Gasteiger charge is 2.44. The van der Waals surface area contributed by atoms with Crippen molar-refractivity contribution < 1.29 is 38.8 Å². The summed E-state index contributed by atoms with van der Waals surface area (Å²) in [7, 11) is -1.61. The molecule has 6 atom stereocenters. The molecule has 6 unspecified atom stereocenters. The van der Waals surface area contributed by atoms with E-state index in [1.165, 1.54) is 77.9 Å². The van der Waals surface area contributed by atoms with Gasteiger partial charge in [-0.3, -0.25) is 56.1 Å². The number of aromatic nitrogens is 25. The molecule has 0 saturated heterocycles. The van der Waals surface area contributed by atoms with Crippen LogP contribution in [0.2, 0.25) is 0 Å². The van der Waals surface area contributed by atoms with Gasteiger partial charge in [0.1, 0.15) is 45.0 Å². The lowest BCUT2D eigenvalue weighted by Gasteiger charge is -2.17. The van der Waals surface area contributed by atoms with Gasteiger partial charge in [-0.1, -0.05) is 24.3 Å². The predicted molar refractivity (Wildman–Crippen MR) is 483 cm³/mol. The quantitative estimate of drug-likeness (QED) is 0.0230. The smallest absolute Gasteiger partial charge is 0.460 e. The summed E-state index contributed by atoms with van der Waals surface area (Å²) < 4.78 is 23.5. The van der Waals surface area contributed by atoms with Crippen molar-refractivity contribution in [2.75, 3.05) is 12.0 Å². The van der Waals surface area contributed by atoms with E-state index < -0.39 is 36.7 Å². The zero-order valence-corrected chi connectivity index (χ0v) is 75.0. The molecule has 0 radical (unpaired) electrons. The molecule has 44 heteroatoms. The van der Waals surface area contributed by atoms with Gasteiger partial charge < -0.3 is 56.8 Å². The molecular weight excluding hydrogens is 1900 g/mol. The van der Waals surface area contributed by atoms with E-state index in [0.717, 1.165) is 116 Å². The minimum absolute atomic E-state index is 0.0486. The largest absolute Gasteiger partial charge is 0.489 e. The Bertz CT molecular complexity index is 6980. The second kappa shape index (κ2) is 36.4. The van der Waals surface area contributed by atoms with E-state index in [1.807, 2.05) is 130 Å².